The predicted octanol–water partition coefficient (Wildman–Crippen LogP) is -0.699. The number of H-pyrrole nitrogens is 1. The van der Waals surface area contributed by atoms with Crippen molar-refractivity contribution >= 4 is 16.9 Å². The lowest BCUT2D eigenvalue weighted by Crippen LogP contribution is -2.51. The van der Waals surface area contributed by atoms with E-state index >= 15 is 0 Å². The summed E-state index contributed by atoms with van der Waals surface area (Å²) in [6.45, 7) is -0.328. The van der Waals surface area contributed by atoms with E-state index in [0.29, 0.717) is 11.3 Å². The minimum atomic E-state index is -1.40. The molecule has 0 saturated heterocycles. The molecule has 2 aromatic rings. The number of aliphatic hydroxyl groups is 4. The third kappa shape index (κ3) is 3.22. The van der Waals surface area contributed by atoms with E-state index in [1.807, 2.05) is 24.3 Å². The molecule has 1 aliphatic rings. The van der Waals surface area contributed by atoms with Crippen LogP contribution in [0.4, 0.5) is 0 Å². The number of aromatic nitrogens is 1. The molecule has 1 aliphatic carbocycles. The monoisotopic (exact) mass is 364 g/mol. The zero-order chi connectivity index (χ0) is 19.0. The Kier molecular flexibility index (Phi) is 5.31. The van der Waals surface area contributed by atoms with Crippen LogP contribution in [0.25, 0.3) is 10.9 Å². The second-order valence-electron chi connectivity index (χ2n) is 6.97. The Morgan fingerprint density at radius 2 is 1.88 bits per heavy atom. The summed E-state index contributed by atoms with van der Waals surface area (Å²) < 4.78 is 0. The van der Waals surface area contributed by atoms with Gasteiger partial charge in [-0.2, -0.15) is 0 Å². The van der Waals surface area contributed by atoms with Crippen molar-refractivity contribution in [3.8, 4) is 0 Å². The van der Waals surface area contributed by atoms with Crippen LogP contribution < -0.4 is 5.73 Å². The van der Waals surface area contributed by atoms with Crippen LogP contribution in [0.1, 0.15) is 23.6 Å². The Morgan fingerprint density at radius 1 is 1.19 bits per heavy atom. The normalized spacial score (nSPS) is 30.4. The lowest BCUT2D eigenvalue weighted by Gasteiger charge is -2.40. The van der Waals surface area contributed by atoms with Gasteiger partial charge in [0.25, 0.3) is 0 Å². The first kappa shape index (κ1) is 18.8. The van der Waals surface area contributed by atoms with Gasteiger partial charge in [-0.1, -0.05) is 18.2 Å². The summed E-state index contributed by atoms with van der Waals surface area (Å²) in [4.78, 5) is 14.4. The molecule has 0 spiro atoms. The van der Waals surface area contributed by atoms with Crippen molar-refractivity contribution in [2.45, 2.75) is 43.1 Å². The lowest BCUT2D eigenvalue weighted by atomic mass is 9.73. The second kappa shape index (κ2) is 7.34. The number of aliphatic hydroxyl groups excluding tert-OH is 4. The number of fused-ring (bicyclic) bond motifs is 1. The first-order valence-corrected chi connectivity index (χ1v) is 8.58. The van der Waals surface area contributed by atoms with E-state index in [1.54, 1.807) is 0 Å². The van der Waals surface area contributed by atoms with Gasteiger partial charge in [0.05, 0.1) is 12.2 Å². The van der Waals surface area contributed by atoms with Gasteiger partial charge in [-0.3, -0.25) is 4.79 Å². The Labute approximate surface area is 149 Å². The van der Waals surface area contributed by atoms with E-state index < -0.39 is 42.2 Å². The molecule has 8 heteroatoms. The van der Waals surface area contributed by atoms with Gasteiger partial charge in [0, 0.05) is 41.5 Å². The number of nitrogens with two attached hydrogens (primary N) is 1. The first-order valence-electron chi connectivity index (χ1n) is 8.58. The number of para-hydroxylation sites is 1. The Balaban J connectivity index is 2.07. The van der Waals surface area contributed by atoms with E-state index in [-0.39, 0.29) is 19.4 Å². The van der Waals surface area contributed by atoms with E-state index in [9.17, 15) is 30.3 Å². The summed E-state index contributed by atoms with van der Waals surface area (Å²) >= 11 is 0. The fraction of sp³-hybridized carbons (Fsp3) is 0.500. The van der Waals surface area contributed by atoms with Crippen LogP contribution >= 0.6 is 0 Å². The average molecular weight is 364 g/mol. The van der Waals surface area contributed by atoms with Crippen molar-refractivity contribution in [3.63, 3.8) is 0 Å². The highest BCUT2D eigenvalue weighted by Gasteiger charge is 2.44. The molecule has 1 aromatic carbocycles. The van der Waals surface area contributed by atoms with Crippen LogP contribution in [0.5, 0.6) is 0 Å². The van der Waals surface area contributed by atoms with E-state index in [4.69, 9.17) is 5.73 Å². The van der Waals surface area contributed by atoms with Crippen LogP contribution in [0.3, 0.4) is 0 Å². The standard InChI is InChI=1S/C18H24N2O6/c19-12(18(25)26)6-10-9-3-1-2-4-13(9)20-14(10)11-5-8(7-21)15(22)17(24)16(11)23/h1-4,8,11-12,15-17,20-24H,5-7,19H2,(H,25,26). The molecular weight excluding hydrogens is 340 g/mol. The van der Waals surface area contributed by atoms with E-state index in [1.165, 1.54) is 0 Å². The van der Waals surface area contributed by atoms with E-state index in [2.05, 4.69) is 4.98 Å². The van der Waals surface area contributed by atoms with Gasteiger partial charge in [0.15, 0.2) is 0 Å². The second-order valence-corrected chi connectivity index (χ2v) is 6.97. The SMILES string of the molecule is NC(Cc1c(C2CC(CO)C(O)C(O)C2O)[nH]c2ccccc12)C(=O)O. The summed E-state index contributed by atoms with van der Waals surface area (Å²) in [6, 6.07) is 6.21. The fourth-order valence-electron chi connectivity index (χ4n) is 3.86. The predicted molar refractivity (Wildman–Crippen MR) is 93.6 cm³/mol. The van der Waals surface area contributed by atoms with Gasteiger partial charge in [0.2, 0.25) is 0 Å². The smallest absolute Gasteiger partial charge is 0.320 e. The maximum Gasteiger partial charge on any atom is 0.320 e. The summed E-state index contributed by atoms with van der Waals surface area (Å²) in [5.41, 5.74) is 7.75. The number of carboxylic acids is 1. The minimum Gasteiger partial charge on any atom is -0.480 e. The molecule has 6 unspecified atom stereocenters. The van der Waals surface area contributed by atoms with Gasteiger partial charge in [-0.05, 0) is 18.1 Å². The zero-order valence-electron chi connectivity index (χ0n) is 14.1. The van der Waals surface area contributed by atoms with Crippen molar-refractivity contribution in [2.24, 2.45) is 11.7 Å². The molecule has 0 aliphatic heterocycles. The number of hydrogen-bond donors (Lipinski definition) is 7. The fourth-order valence-corrected chi connectivity index (χ4v) is 3.86. The Bertz CT molecular complexity index is 789. The summed E-state index contributed by atoms with van der Waals surface area (Å²) in [7, 11) is 0. The van der Waals surface area contributed by atoms with Gasteiger partial charge in [-0.15, -0.1) is 0 Å². The summed E-state index contributed by atoms with van der Waals surface area (Å²) in [5.74, 6) is -2.31. The molecule has 1 fully saturated rings. The number of benzene rings is 1. The highest BCUT2D eigenvalue weighted by molar-refractivity contribution is 5.86. The Morgan fingerprint density at radius 3 is 2.54 bits per heavy atom. The highest BCUT2D eigenvalue weighted by atomic mass is 16.4. The number of aromatic amines is 1. The molecule has 142 valence electrons. The van der Waals surface area contributed by atoms with Crippen molar-refractivity contribution < 1.29 is 30.3 Å². The molecule has 0 radical (unpaired) electrons. The molecule has 8 nitrogen and oxygen atoms in total. The molecular formula is C18H24N2O6. The van der Waals surface area contributed by atoms with Gasteiger partial charge >= 0.3 is 5.97 Å². The van der Waals surface area contributed by atoms with Gasteiger partial charge in [0.1, 0.15) is 12.1 Å². The number of nitrogens with one attached hydrogen (secondary N) is 1. The van der Waals surface area contributed by atoms with Crippen LogP contribution in [-0.4, -0.2) is 67.4 Å². The summed E-state index contributed by atoms with van der Waals surface area (Å²) in [5, 5.41) is 50.2. The molecule has 0 amide bonds. The maximum atomic E-state index is 11.2. The first-order chi connectivity index (χ1) is 12.3. The van der Waals surface area contributed by atoms with Crippen molar-refractivity contribution in [3.05, 3.63) is 35.5 Å². The lowest BCUT2D eigenvalue weighted by molar-refractivity contribution is -0.138. The summed E-state index contributed by atoms with van der Waals surface area (Å²) in [6.07, 6.45) is -3.57. The molecule has 26 heavy (non-hydrogen) atoms. The third-order valence-corrected chi connectivity index (χ3v) is 5.34. The van der Waals surface area contributed by atoms with Crippen LogP contribution in [-0.2, 0) is 11.2 Å². The molecule has 3 rings (SSSR count). The molecule has 0 bridgehead atoms. The number of carboxylic acid groups (broad SMARTS) is 1. The zero-order valence-corrected chi connectivity index (χ0v) is 14.1. The quantitative estimate of drug-likeness (QED) is 0.369. The molecule has 1 saturated carbocycles. The number of carbonyl (C=O) groups is 1. The average Bonchev–Trinajstić information content (AvgIpc) is 2.98. The topological polar surface area (TPSA) is 160 Å². The van der Waals surface area contributed by atoms with E-state index in [0.717, 1.165) is 10.9 Å². The third-order valence-electron chi connectivity index (χ3n) is 5.34. The Hall–Kier alpha value is -1.97. The largest absolute Gasteiger partial charge is 0.480 e. The highest BCUT2D eigenvalue weighted by Crippen LogP contribution is 2.40. The number of rotatable bonds is 5. The van der Waals surface area contributed by atoms with Gasteiger partial charge in [-0.25, -0.2) is 0 Å². The van der Waals surface area contributed by atoms with Crippen molar-refractivity contribution in [1.29, 1.82) is 0 Å². The number of hydrogen-bond acceptors (Lipinski definition) is 6. The molecule has 1 aromatic heterocycles. The molecule has 8 N–H and O–H groups in total. The van der Waals surface area contributed by atoms with Crippen LogP contribution in [0, 0.1) is 5.92 Å². The van der Waals surface area contributed by atoms with Gasteiger partial charge < -0.3 is 36.3 Å². The minimum absolute atomic E-state index is 0.0559. The van der Waals surface area contributed by atoms with Crippen LogP contribution in [0.2, 0.25) is 0 Å². The number of aliphatic carboxylic acids is 1. The van der Waals surface area contributed by atoms with Crippen molar-refractivity contribution in [2.75, 3.05) is 6.61 Å². The molecule has 1 heterocycles. The molecule has 6 atom stereocenters. The van der Waals surface area contributed by atoms with Crippen molar-refractivity contribution in [1.82, 2.24) is 4.98 Å². The maximum absolute atomic E-state index is 11.2. The van der Waals surface area contributed by atoms with Crippen LogP contribution in [0.15, 0.2) is 24.3 Å².